The second kappa shape index (κ2) is 5.80. The molecule has 1 aliphatic rings. The Morgan fingerprint density at radius 1 is 1.33 bits per heavy atom. The minimum absolute atomic E-state index is 0.857. The predicted molar refractivity (Wildman–Crippen MR) is 73.7 cm³/mol. The summed E-state index contributed by atoms with van der Waals surface area (Å²) in [5.41, 5.74) is 0. The first-order valence-electron chi connectivity index (χ1n) is 5.43. The van der Waals surface area contributed by atoms with Crippen molar-refractivity contribution in [3.05, 3.63) is 19.2 Å². The van der Waals surface area contributed by atoms with Crippen LogP contribution in [0.4, 0.5) is 0 Å². The van der Waals surface area contributed by atoms with Gasteiger partial charge in [-0.05, 0) is 76.6 Å². The number of hydrogen-bond donors (Lipinski definition) is 1. The molecule has 0 atom stereocenters. The zero-order valence-corrected chi connectivity index (χ0v) is 12.6. The van der Waals surface area contributed by atoms with Gasteiger partial charge in [-0.25, -0.2) is 0 Å². The van der Waals surface area contributed by atoms with Crippen LogP contribution >= 0.6 is 43.2 Å². The Bertz CT molecular complexity index is 301. The maximum atomic E-state index is 3.54. The van der Waals surface area contributed by atoms with Crippen molar-refractivity contribution < 1.29 is 0 Å². The first kappa shape index (κ1) is 12.1. The lowest BCUT2D eigenvalue weighted by Crippen LogP contribution is -2.17. The molecule has 1 saturated carbocycles. The summed E-state index contributed by atoms with van der Waals surface area (Å²) in [5, 5.41) is 3.54. The van der Waals surface area contributed by atoms with E-state index in [0.29, 0.717) is 0 Å². The van der Waals surface area contributed by atoms with Crippen LogP contribution in [-0.2, 0) is 6.42 Å². The van der Waals surface area contributed by atoms with E-state index in [1.807, 2.05) is 11.3 Å². The number of aryl methyl sites for hydroxylation is 1. The van der Waals surface area contributed by atoms with E-state index < -0.39 is 0 Å². The van der Waals surface area contributed by atoms with Crippen LogP contribution in [0.25, 0.3) is 0 Å². The third-order valence-corrected chi connectivity index (χ3v) is 5.87. The van der Waals surface area contributed by atoms with Gasteiger partial charge in [-0.2, -0.15) is 0 Å². The van der Waals surface area contributed by atoms with E-state index in [9.17, 15) is 0 Å². The Labute approximate surface area is 112 Å². The summed E-state index contributed by atoms with van der Waals surface area (Å²) in [7, 11) is 0. The highest BCUT2D eigenvalue weighted by Crippen LogP contribution is 2.33. The van der Waals surface area contributed by atoms with Crippen molar-refractivity contribution in [3.8, 4) is 0 Å². The van der Waals surface area contributed by atoms with Crippen molar-refractivity contribution in [1.82, 2.24) is 5.32 Å². The van der Waals surface area contributed by atoms with Crippen LogP contribution in [0, 0.1) is 0 Å². The van der Waals surface area contributed by atoms with Gasteiger partial charge in [0.2, 0.25) is 0 Å². The SMILES string of the molecule is Brc1cc(CCCCNC2CC2)sc1Br. The summed E-state index contributed by atoms with van der Waals surface area (Å²) in [6, 6.07) is 3.08. The fourth-order valence-electron chi connectivity index (χ4n) is 1.53. The second-order valence-electron chi connectivity index (χ2n) is 4.02. The third kappa shape index (κ3) is 4.17. The summed E-state index contributed by atoms with van der Waals surface area (Å²) in [5.74, 6) is 0. The van der Waals surface area contributed by atoms with E-state index in [-0.39, 0.29) is 0 Å². The van der Waals surface area contributed by atoms with Gasteiger partial charge in [0.15, 0.2) is 0 Å². The smallest absolute Gasteiger partial charge is 0.0843 e. The molecule has 0 aliphatic heterocycles. The molecule has 4 heteroatoms. The summed E-state index contributed by atoms with van der Waals surface area (Å²) in [6.07, 6.45) is 6.58. The number of halogens is 2. The van der Waals surface area contributed by atoms with Crippen molar-refractivity contribution in [3.63, 3.8) is 0 Å². The first-order chi connectivity index (χ1) is 7.25. The normalized spacial score (nSPS) is 15.9. The minimum Gasteiger partial charge on any atom is -0.314 e. The van der Waals surface area contributed by atoms with Crippen LogP contribution in [0.5, 0.6) is 0 Å². The van der Waals surface area contributed by atoms with Crippen molar-refractivity contribution in [2.45, 2.75) is 38.1 Å². The van der Waals surface area contributed by atoms with Gasteiger partial charge in [0, 0.05) is 15.4 Å². The van der Waals surface area contributed by atoms with Gasteiger partial charge in [-0.15, -0.1) is 11.3 Å². The molecule has 1 N–H and O–H groups in total. The van der Waals surface area contributed by atoms with E-state index in [0.717, 1.165) is 6.04 Å². The molecule has 1 aromatic heterocycles. The molecule has 0 aromatic carbocycles. The number of rotatable bonds is 6. The van der Waals surface area contributed by atoms with Crippen molar-refractivity contribution in [1.29, 1.82) is 0 Å². The Hall–Kier alpha value is 0.620. The third-order valence-electron chi connectivity index (χ3n) is 2.56. The molecule has 0 amide bonds. The molecule has 1 nitrogen and oxygen atoms in total. The summed E-state index contributed by atoms with van der Waals surface area (Å²) < 4.78 is 2.41. The maximum Gasteiger partial charge on any atom is 0.0843 e. The van der Waals surface area contributed by atoms with Crippen LogP contribution in [0.3, 0.4) is 0 Å². The van der Waals surface area contributed by atoms with Gasteiger partial charge in [0.25, 0.3) is 0 Å². The Morgan fingerprint density at radius 3 is 2.73 bits per heavy atom. The quantitative estimate of drug-likeness (QED) is 0.750. The Balaban J connectivity index is 1.60. The molecular weight excluding hydrogens is 338 g/mol. The van der Waals surface area contributed by atoms with Gasteiger partial charge < -0.3 is 5.32 Å². The van der Waals surface area contributed by atoms with Crippen molar-refractivity contribution >= 4 is 43.2 Å². The van der Waals surface area contributed by atoms with E-state index >= 15 is 0 Å². The predicted octanol–water partition coefficient (Wildman–Crippen LogP) is 4.35. The Morgan fingerprint density at radius 2 is 2.13 bits per heavy atom. The lowest BCUT2D eigenvalue weighted by Gasteiger charge is -2.01. The summed E-state index contributed by atoms with van der Waals surface area (Å²) in [4.78, 5) is 1.47. The molecule has 15 heavy (non-hydrogen) atoms. The number of nitrogens with one attached hydrogen (secondary N) is 1. The number of thiophene rings is 1. The highest BCUT2D eigenvalue weighted by Gasteiger charge is 2.19. The van der Waals surface area contributed by atoms with Crippen LogP contribution in [0.2, 0.25) is 0 Å². The van der Waals surface area contributed by atoms with Crippen molar-refractivity contribution in [2.75, 3.05) is 6.54 Å². The fraction of sp³-hybridized carbons (Fsp3) is 0.636. The monoisotopic (exact) mass is 351 g/mol. The molecule has 0 radical (unpaired) electrons. The Kier molecular flexibility index (Phi) is 4.68. The molecule has 0 spiro atoms. The standard InChI is InChI=1S/C11H15Br2NS/c12-10-7-9(15-11(10)13)3-1-2-6-14-8-4-5-8/h7-8,14H,1-6H2. The van der Waals surface area contributed by atoms with E-state index in [1.54, 1.807) is 0 Å². The molecule has 84 valence electrons. The molecule has 0 saturated heterocycles. The highest BCUT2D eigenvalue weighted by atomic mass is 79.9. The molecular formula is C11H15Br2NS. The van der Waals surface area contributed by atoms with Crippen LogP contribution in [0.1, 0.15) is 30.6 Å². The molecule has 0 bridgehead atoms. The fourth-order valence-corrected chi connectivity index (χ4v) is 3.75. The van der Waals surface area contributed by atoms with Crippen LogP contribution < -0.4 is 5.32 Å². The molecule has 1 heterocycles. The van der Waals surface area contributed by atoms with E-state index in [4.69, 9.17) is 0 Å². The zero-order valence-electron chi connectivity index (χ0n) is 8.56. The van der Waals surface area contributed by atoms with Crippen molar-refractivity contribution in [2.24, 2.45) is 0 Å². The highest BCUT2D eigenvalue weighted by molar-refractivity contribution is 9.13. The van der Waals surface area contributed by atoms with Gasteiger partial charge in [0.05, 0.1) is 3.79 Å². The summed E-state index contributed by atoms with van der Waals surface area (Å²) >= 11 is 8.88. The first-order valence-corrected chi connectivity index (χ1v) is 7.83. The number of hydrogen-bond acceptors (Lipinski definition) is 2. The molecule has 0 unspecified atom stereocenters. The number of unbranched alkanes of at least 4 members (excludes halogenated alkanes) is 1. The van der Waals surface area contributed by atoms with E-state index in [2.05, 4.69) is 43.2 Å². The lowest BCUT2D eigenvalue weighted by atomic mass is 10.2. The van der Waals surface area contributed by atoms with E-state index in [1.165, 1.54) is 51.8 Å². The molecule has 1 aromatic rings. The molecule has 1 aliphatic carbocycles. The maximum absolute atomic E-state index is 3.54. The largest absolute Gasteiger partial charge is 0.314 e. The van der Waals surface area contributed by atoms with Gasteiger partial charge in [0.1, 0.15) is 0 Å². The minimum atomic E-state index is 0.857. The topological polar surface area (TPSA) is 12.0 Å². The summed E-state index contributed by atoms with van der Waals surface area (Å²) in [6.45, 7) is 1.19. The van der Waals surface area contributed by atoms with Crippen LogP contribution in [-0.4, -0.2) is 12.6 Å². The second-order valence-corrected chi connectivity index (χ2v) is 7.33. The molecule has 1 fully saturated rings. The zero-order chi connectivity index (χ0) is 10.7. The van der Waals surface area contributed by atoms with Gasteiger partial charge >= 0.3 is 0 Å². The van der Waals surface area contributed by atoms with Crippen LogP contribution in [0.15, 0.2) is 14.3 Å². The van der Waals surface area contributed by atoms with Gasteiger partial charge in [-0.3, -0.25) is 0 Å². The lowest BCUT2D eigenvalue weighted by molar-refractivity contribution is 0.621. The van der Waals surface area contributed by atoms with Gasteiger partial charge in [-0.1, -0.05) is 0 Å². The average Bonchev–Trinajstić information content (AvgIpc) is 2.95. The molecule has 2 rings (SSSR count). The average molecular weight is 353 g/mol.